The second-order valence-corrected chi connectivity index (χ2v) is 19.5. The maximum Gasteiger partial charge on any atom is 0.245 e. The van der Waals surface area contributed by atoms with E-state index < -0.39 is 161 Å². The zero-order valence-electron chi connectivity index (χ0n) is 38.6. The summed E-state index contributed by atoms with van der Waals surface area (Å²) in [6.45, 7) is 6.54. The van der Waals surface area contributed by atoms with Crippen molar-refractivity contribution in [2.45, 2.75) is 134 Å². The number of rotatable bonds is 30. The molecule has 0 radical (unpaired) electrons. The van der Waals surface area contributed by atoms with Crippen molar-refractivity contribution in [3.63, 3.8) is 0 Å². The Balaban J connectivity index is 2.40. The topological polar surface area (TPSA) is 405 Å². The highest BCUT2D eigenvalue weighted by atomic mass is 32.2. The lowest BCUT2D eigenvalue weighted by molar-refractivity contribution is -0.142. The van der Waals surface area contributed by atoms with Gasteiger partial charge in [0, 0.05) is 18.2 Å². The average Bonchev–Trinajstić information content (AvgIpc) is 4.09. The van der Waals surface area contributed by atoms with Crippen molar-refractivity contribution in [2.24, 2.45) is 28.9 Å². The van der Waals surface area contributed by atoms with Crippen molar-refractivity contribution in [1.29, 1.82) is 0 Å². The average molecular weight is 966 g/mol. The predicted molar refractivity (Wildman–Crippen MR) is 242 cm³/mol. The van der Waals surface area contributed by atoms with Crippen LogP contribution >= 0.6 is 0 Å². The Hall–Kier alpha value is -6.37. The first-order chi connectivity index (χ1) is 31.2. The van der Waals surface area contributed by atoms with Gasteiger partial charge in [-0.2, -0.15) is 0 Å². The molecule has 25 heteroatoms. The zero-order valence-corrected chi connectivity index (χ0v) is 39.4. The summed E-state index contributed by atoms with van der Waals surface area (Å²) in [6.07, 6.45) is -0.730. The number of phenolic OH excluding ortho intramolecular Hbond substituents is 1. The Labute approximate surface area is 389 Å². The number of aromatic hydroxyl groups is 1. The molecular weight excluding hydrogens is 899 g/mol. The predicted octanol–water partition coefficient (Wildman–Crippen LogP) is -3.91. The van der Waals surface area contributed by atoms with E-state index in [2.05, 4.69) is 31.9 Å². The van der Waals surface area contributed by atoms with Gasteiger partial charge in [-0.05, 0) is 76.0 Å². The lowest BCUT2D eigenvalue weighted by Crippen LogP contribution is -2.61. The second kappa shape index (κ2) is 26.1. The van der Waals surface area contributed by atoms with E-state index in [0.29, 0.717) is 24.8 Å². The van der Waals surface area contributed by atoms with Crippen LogP contribution in [0.4, 0.5) is 0 Å². The first-order valence-electron chi connectivity index (χ1n) is 21.9. The van der Waals surface area contributed by atoms with Crippen LogP contribution in [0.5, 0.6) is 5.75 Å². The minimum absolute atomic E-state index is 0.00651. The van der Waals surface area contributed by atoms with E-state index >= 15 is 0 Å². The van der Waals surface area contributed by atoms with Crippen molar-refractivity contribution in [3.05, 3.63) is 29.8 Å². The van der Waals surface area contributed by atoms with Crippen molar-refractivity contribution in [3.8, 4) is 5.75 Å². The molecule has 10 amide bonds. The van der Waals surface area contributed by atoms with Crippen LogP contribution in [-0.2, 0) is 64.2 Å². The van der Waals surface area contributed by atoms with Crippen LogP contribution in [0.2, 0.25) is 0 Å². The molecule has 1 saturated carbocycles. The Kier molecular flexibility index (Phi) is 22.1. The summed E-state index contributed by atoms with van der Waals surface area (Å²) < 4.78 is 25.7. The fraction of sp³-hybridized carbons (Fsp3) is 0.619. The number of carbonyl (C=O) groups is 10. The summed E-state index contributed by atoms with van der Waals surface area (Å²) in [7, 11) is -3.77. The largest absolute Gasteiger partial charge is 0.508 e. The first kappa shape index (κ1) is 56.8. The number of hydrogen-bond donors (Lipinski definition) is 11. The van der Waals surface area contributed by atoms with Gasteiger partial charge in [0.25, 0.3) is 0 Å². The van der Waals surface area contributed by atoms with E-state index in [0.717, 1.165) is 4.90 Å². The number of primary amides is 3. The van der Waals surface area contributed by atoms with Crippen LogP contribution in [0, 0.1) is 5.92 Å². The molecule has 0 unspecified atom stereocenters. The van der Waals surface area contributed by atoms with Crippen molar-refractivity contribution >= 4 is 68.9 Å². The van der Waals surface area contributed by atoms with Crippen LogP contribution in [0.3, 0.4) is 0 Å². The summed E-state index contributed by atoms with van der Waals surface area (Å²) in [5, 5.41) is 24.1. The number of amides is 10. The van der Waals surface area contributed by atoms with Gasteiger partial charge in [0.05, 0.1) is 31.3 Å². The highest BCUT2D eigenvalue weighted by Gasteiger charge is 2.41. The third-order valence-electron chi connectivity index (χ3n) is 10.7. The summed E-state index contributed by atoms with van der Waals surface area (Å²) in [4.78, 5) is 132. The van der Waals surface area contributed by atoms with Gasteiger partial charge >= 0.3 is 0 Å². The molecule has 0 aromatic heterocycles. The molecule has 0 bridgehead atoms. The lowest BCUT2D eigenvalue weighted by atomic mass is 9.96. The zero-order chi connectivity index (χ0) is 50.8. The highest BCUT2D eigenvalue weighted by molar-refractivity contribution is 7.91. The SMILES string of the molecule is CCCS(=O)(=O)CC[C@H](NC(=O)[C@H](CC(N)=O)NC(=O)[C@H](CCC(N)=O)NC(=O)[C@@H](NC(=O)[C@@H](N)Cc1ccc(O)cc1)[C@@H](C)CC)C(=O)N(CC(=O)NC(C)(C)C(=O)NCC(N)=O)C1CC1. The number of nitrogens with two attached hydrogens (primary N) is 4. The first-order valence-corrected chi connectivity index (χ1v) is 23.7. The molecule has 1 fully saturated rings. The maximum absolute atomic E-state index is 14.2. The molecule has 67 heavy (non-hydrogen) atoms. The third-order valence-corrected chi connectivity index (χ3v) is 12.6. The Morgan fingerprint density at radius 3 is 1.90 bits per heavy atom. The molecule has 15 N–H and O–H groups in total. The van der Waals surface area contributed by atoms with Crippen LogP contribution < -0.4 is 54.8 Å². The second-order valence-electron chi connectivity index (χ2n) is 17.2. The number of hydrogen-bond acceptors (Lipinski definition) is 14. The number of carbonyl (C=O) groups excluding carboxylic acids is 10. The molecule has 1 aliphatic carbocycles. The van der Waals surface area contributed by atoms with Gasteiger partial charge in [-0.15, -0.1) is 0 Å². The van der Waals surface area contributed by atoms with Crippen LogP contribution in [0.1, 0.15) is 91.5 Å². The van der Waals surface area contributed by atoms with Crippen LogP contribution in [-0.4, -0.2) is 144 Å². The molecular formula is C42H67N11O13S. The normalized spacial score (nSPS) is 15.2. The highest BCUT2D eigenvalue weighted by Crippen LogP contribution is 2.28. The summed E-state index contributed by atoms with van der Waals surface area (Å²) >= 11 is 0. The summed E-state index contributed by atoms with van der Waals surface area (Å²) in [5.41, 5.74) is 21.1. The van der Waals surface area contributed by atoms with E-state index in [1.807, 2.05) is 0 Å². The number of nitrogens with one attached hydrogen (secondary N) is 6. The van der Waals surface area contributed by atoms with Crippen molar-refractivity contribution < 1.29 is 61.5 Å². The molecule has 0 spiro atoms. The van der Waals surface area contributed by atoms with Gasteiger partial charge in [-0.1, -0.05) is 39.3 Å². The van der Waals surface area contributed by atoms with Gasteiger partial charge in [-0.3, -0.25) is 47.9 Å². The number of nitrogens with zero attached hydrogens (tertiary/aromatic N) is 1. The molecule has 6 atom stereocenters. The molecule has 1 aromatic rings. The van der Waals surface area contributed by atoms with Gasteiger partial charge in [0.1, 0.15) is 45.3 Å². The molecule has 1 aliphatic rings. The van der Waals surface area contributed by atoms with E-state index in [-0.39, 0.29) is 24.3 Å². The van der Waals surface area contributed by atoms with E-state index in [1.54, 1.807) is 32.9 Å². The van der Waals surface area contributed by atoms with E-state index in [9.17, 15) is 61.5 Å². The van der Waals surface area contributed by atoms with Crippen molar-refractivity contribution in [1.82, 2.24) is 36.8 Å². The fourth-order valence-corrected chi connectivity index (χ4v) is 8.06. The van der Waals surface area contributed by atoms with Gasteiger partial charge < -0.3 is 64.8 Å². The molecule has 0 heterocycles. The summed E-state index contributed by atoms with van der Waals surface area (Å²) in [6, 6.07) is -2.07. The molecule has 0 saturated heterocycles. The van der Waals surface area contributed by atoms with Gasteiger partial charge in [0.15, 0.2) is 0 Å². The number of sulfone groups is 1. The molecule has 0 aliphatic heterocycles. The Bertz CT molecular complexity index is 2080. The Morgan fingerprint density at radius 1 is 0.776 bits per heavy atom. The molecule has 1 aromatic carbocycles. The Morgan fingerprint density at radius 2 is 1.36 bits per heavy atom. The monoisotopic (exact) mass is 965 g/mol. The van der Waals surface area contributed by atoms with E-state index in [4.69, 9.17) is 22.9 Å². The summed E-state index contributed by atoms with van der Waals surface area (Å²) in [5.74, 6) is -10.6. The minimum Gasteiger partial charge on any atom is -0.508 e. The molecule has 374 valence electrons. The maximum atomic E-state index is 14.2. The lowest BCUT2D eigenvalue weighted by Gasteiger charge is -2.31. The number of benzene rings is 1. The third kappa shape index (κ3) is 20.0. The smallest absolute Gasteiger partial charge is 0.245 e. The number of phenols is 1. The minimum atomic E-state index is -3.77. The van der Waals surface area contributed by atoms with Crippen LogP contribution in [0.15, 0.2) is 24.3 Å². The van der Waals surface area contributed by atoms with Gasteiger partial charge in [0.2, 0.25) is 59.1 Å². The van der Waals surface area contributed by atoms with E-state index in [1.165, 1.54) is 26.0 Å². The molecule has 24 nitrogen and oxygen atoms in total. The van der Waals surface area contributed by atoms with Crippen molar-refractivity contribution in [2.75, 3.05) is 24.6 Å². The van der Waals surface area contributed by atoms with Crippen LogP contribution in [0.25, 0.3) is 0 Å². The molecule has 2 rings (SSSR count). The fourth-order valence-electron chi connectivity index (χ4n) is 6.64. The van der Waals surface area contributed by atoms with Gasteiger partial charge in [-0.25, -0.2) is 8.42 Å². The quantitative estimate of drug-likeness (QED) is 0.0351. The standard InChI is InChI=1S/C42H67N11O13S/c1-6-17-67(65,66)18-16-29(40(63)53(25-10-11-25)22-34(58)52-42(4,5)41(64)47-21-33(46)57)49-38(61)30(20-32(45)56)50-37(60)28(14-15-31(44)55)48-39(62)35(23(3)7-2)51-36(59)27(43)19-24-8-12-26(54)13-9-24/h8-9,12-13,23,25,27-30,35,54H,6-7,10-11,14-22,43H2,1-5H3,(H2,44,55)(H2,45,56)(H2,46,57)(H,47,64)(H,48,62)(H,49,61)(H,50,60)(H,51,59)(H,52,58)/t23-,27-,28-,29-,30-,35-/m0/s1.